The number of nitrogens with zero attached hydrogens (tertiary/aromatic N) is 5. The van der Waals surface area contributed by atoms with Gasteiger partial charge in [0.2, 0.25) is 0 Å². The summed E-state index contributed by atoms with van der Waals surface area (Å²) in [5, 5.41) is 19.2. The Labute approximate surface area is 238 Å². The molecule has 216 valence electrons. The number of ether oxygens (including phenoxy) is 4. The lowest BCUT2D eigenvalue weighted by atomic mass is 9.97. The molecule has 0 saturated heterocycles. The van der Waals surface area contributed by atoms with Crippen LogP contribution >= 0.6 is 0 Å². The summed E-state index contributed by atoms with van der Waals surface area (Å²) in [6.07, 6.45) is 1.86. The van der Waals surface area contributed by atoms with Crippen molar-refractivity contribution >= 4 is 5.91 Å². The Kier molecular flexibility index (Phi) is 7.39. The standard InChI is InChI=1S/C30H35N5O6/c1-30(2,3)34(10-11-36)29(37)27-23-17-41-26-16-25(40-7)21(24-8-9-33(4)31-24)15-22(26)28(23)35(32-27)18-12-19(38-5)14-20(13-18)39-6/h8-9,12-16,36H,10-11,17H2,1-7H3. The second-order valence-electron chi connectivity index (χ2n) is 10.7. The average Bonchev–Trinajstić information content (AvgIpc) is 3.57. The van der Waals surface area contributed by atoms with Crippen LogP contribution < -0.4 is 18.9 Å². The van der Waals surface area contributed by atoms with Gasteiger partial charge in [-0.05, 0) is 32.9 Å². The van der Waals surface area contributed by atoms with Crippen LogP contribution in [0, 0.1) is 0 Å². The normalized spacial score (nSPS) is 12.3. The van der Waals surface area contributed by atoms with Crippen LogP contribution in [0.15, 0.2) is 42.6 Å². The molecule has 1 aliphatic heterocycles. The third-order valence-corrected chi connectivity index (χ3v) is 7.06. The van der Waals surface area contributed by atoms with Crippen LogP contribution in [0.4, 0.5) is 0 Å². The number of carbonyl (C=O) groups is 1. The summed E-state index contributed by atoms with van der Waals surface area (Å²) >= 11 is 0. The molecule has 0 atom stereocenters. The Hall–Kier alpha value is -4.51. The predicted molar refractivity (Wildman–Crippen MR) is 153 cm³/mol. The summed E-state index contributed by atoms with van der Waals surface area (Å²) in [5.41, 5.74) is 3.88. The van der Waals surface area contributed by atoms with Gasteiger partial charge < -0.3 is 29.0 Å². The number of aliphatic hydroxyl groups excluding tert-OH is 1. The van der Waals surface area contributed by atoms with Crippen LogP contribution in [0.5, 0.6) is 23.0 Å². The Morgan fingerprint density at radius 1 is 1.02 bits per heavy atom. The van der Waals surface area contributed by atoms with Gasteiger partial charge in [0.25, 0.3) is 5.91 Å². The number of β-amino-alcohol motifs (C(OH)–C–C–N with tert-alkyl or cyclic N) is 1. The van der Waals surface area contributed by atoms with E-state index >= 15 is 0 Å². The molecule has 41 heavy (non-hydrogen) atoms. The Balaban J connectivity index is 1.80. The molecule has 1 N–H and O–H groups in total. The first kappa shape index (κ1) is 28.0. The number of amides is 1. The number of aryl methyl sites for hydroxylation is 1. The first-order valence-corrected chi connectivity index (χ1v) is 13.2. The maximum absolute atomic E-state index is 14.0. The number of hydrogen-bond donors (Lipinski definition) is 1. The van der Waals surface area contributed by atoms with Crippen molar-refractivity contribution in [1.29, 1.82) is 0 Å². The summed E-state index contributed by atoms with van der Waals surface area (Å²) in [6.45, 7) is 5.88. The summed E-state index contributed by atoms with van der Waals surface area (Å²) in [6, 6.07) is 11.1. The quantitative estimate of drug-likeness (QED) is 0.342. The summed E-state index contributed by atoms with van der Waals surface area (Å²) in [7, 11) is 6.62. The van der Waals surface area contributed by atoms with Gasteiger partial charge >= 0.3 is 0 Å². The van der Waals surface area contributed by atoms with Gasteiger partial charge in [-0.15, -0.1) is 0 Å². The molecule has 0 unspecified atom stereocenters. The molecule has 0 saturated carbocycles. The van der Waals surface area contributed by atoms with Gasteiger partial charge in [0.1, 0.15) is 29.6 Å². The van der Waals surface area contributed by atoms with E-state index < -0.39 is 5.54 Å². The molecule has 5 rings (SSSR count). The predicted octanol–water partition coefficient (Wildman–Crippen LogP) is 4.09. The highest BCUT2D eigenvalue weighted by Gasteiger charge is 2.36. The molecule has 0 aliphatic carbocycles. The highest BCUT2D eigenvalue weighted by atomic mass is 16.5. The van der Waals surface area contributed by atoms with Crippen LogP contribution in [0.25, 0.3) is 28.2 Å². The third kappa shape index (κ3) is 5.08. The number of carbonyl (C=O) groups excluding carboxylic acids is 1. The monoisotopic (exact) mass is 561 g/mol. The number of fused-ring (bicyclic) bond motifs is 3. The van der Waals surface area contributed by atoms with Gasteiger partial charge in [0.15, 0.2) is 5.69 Å². The van der Waals surface area contributed by atoms with Crippen molar-refractivity contribution in [3.05, 3.63) is 53.9 Å². The minimum absolute atomic E-state index is 0.119. The number of hydrogen-bond acceptors (Lipinski definition) is 8. The fourth-order valence-electron chi connectivity index (χ4n) is 5.05. The van der Waals surface area contributed by atoms with Crippen LogP contribution in [-0.4, -0.2) is 75.5 Å². The van der Waals surface area contributed by atoms with Crippen LogP contribution in [0.1, 0.15) is 36.8 Å². The molecule has 0 bridgehead atoms. The molecule has 11 nitrogen and oxygen atoms in total. The van der Waals surface area contributed by atoms with E-state index in [1.807, 2.05) is 64.3 Å². The summed E-state index contributed by atoms with van der Waals surface area (Å²) in [5.74, 6) is 2.04. The minimum atomic E-state index is -0.553. The van der Waals surface area contributed by atoms with Crippen molar-refractivity contribution < 1.29 is 28.8 Å². The lowest BCUT2D eigenvalue weighted by Crippen LogP contribution is -2.47. The van der Waals surface area contributed by atoms with Crippen molar-refractivity contribution in [2.75, 3.05) is 34.5 Å². The Morgan fingerprint density at radius 2 is 1.73 bits per heavy atom. The van der Waals surface area contributed by atoms with E-state index in [1.165, 1.54) is 0 Å². The second kappa shape index (κ2) is 10.8. The largest absolute Gasteiger partial charge is 0.497 e. The molecular formula is C30H35N5O6. The van der Waals surface area contributed by atoms with Gasteiger partial charge in [-0.2, -0.15) is 10.2 Å². The fraction of sp³-hybridized carbons (Fsp3) is 0.367. The van der Waals surface area contributed by atoms with E-state index in [1.54, 1.807) is 41.7 Å². The SMILES string of the molecule is COc1cc(OC)cc(-n2nc(C(=O)N(CCO)C(C)(C)C)c3c2-c2cc(-c4ccn(C)n4)c(OC)cc2OC3)c1. The van der Waals surface area contributed by atoms with Crippen molar-refractivity contribution in [3.8, 4) is 51.2 Å². The van der Waals surface area contributed by atoms with E-state index in [0.717, 1.165) is 16.8 Å². The second-order valence-corrected chi connectivity index (χ2v) is 10.7. The first-order valence-electron chi connectivity index (χ1n) is 13.2. The van der Waals surface area contributed by atoms with E-state index in [9.17, 15) is 9.90 Å². The first-order chi connectivity index (χ1) is 19.6. The molecule has 4 aromatic rings. The molecule has 1 amide bonds. The smallest absolute Gasteiger partial charge is 0.275 e. The molecule has 11 heteroatoms. The van der Waals surface area contributed by atoms with E-state index in [-0.39, 0.29) is 31.4 Å². The topological polar surface area (TPSA) is 113 Å². The molecule has 2 aromatic heterocycles. The van der Waals surface area contributed by atoms with Crippen LogP contribution in [0.3, 0.4) is 0 Å². The summed E-state index contributed by atoms with van der Waals surface area (Å²) in [4.78, 5) is 15.7. The van der Waals surface area contributed by atoms with Gasteiger partial charge in [0, 0.05) is 66.3 Å². The van der Waals surface area contributed by atoms with Crippen molar-refractivity contribution in [1.82, 2.24) is 24.5 Å². The number of rotatable bonds is 8. The van der Waals surface area contributed by atoms with Crippen molar-refractivity contribution in [3.63, 3.8) is 0 Å². The molecule has 1 aliphatic rings. The number of benzene rings is 2. The molecule has 0 spiro atoms. The third-order valence-electron chi connectivity index (χ3n) is 7.06. The van der Waals surface area contributed by atoms with Gasteiger partial charge in [-0.3, -0.25) is 9.48 Å². The van der Waals surface area contributed by atoms with Crippen LogP contribution in [0.2, 0.25) is 0 Å². The minimum Gasteiger partial charge on any atom is -0.497 e. The zero-order valence-electron chi connectivity index (χ0n) is 24.4. The summed E-state index contributed by atoms with van der Waals surface area (Å²) < 4.78 is 26.4. The van der Waals surface area contributed by atoms with Crippen molar-refractivity contribution in [2.24, 2.45) is 7.05 Å². The van der Waals surface area contributed by atoms with Gasteiger partial charge in [-0.25, -0.2) is 4.68 Å². The maximum Gasteiger partial charge on any atom is 0.275 e. The van der Waals surface area contributed by atoms with E-state index in [4.69, 9.17) is 24.0 Å². The van der Waals surface area contributed by atoms with Gasteiger partial charge in [0.05, 0.1) is 45.0 Å². The van der Waals surface area contributed by atoms with Gasteiger partial charge in [-0.1, -0.05) is 0 Å². The zero-order chi connectivity index (χ0) is 29.5. The lowest BCUT2D eigenvalue weighted by Gasteiger charge is -2.35. The van der Waals surface area contributed by atoms with E-state index in [0.29, 0.717) is 39.9 Å². The number of aromatic nitrogens is 4. The molecule has 0 radical (unpaired) electrons. The average molecular weight is 562 g/mol. The highest BCUT2D eigenvalue weighted by molar-refractivity contribution is 5.97. The van der Waals surface area contributed by atoms with Crippen molar-refractivity contribution in [2.45, 2.75) is 32.9 Å². The number of methoxy groups -OCH3 is 3. The fourth-order valence-corrected chi connectivity index (χ4v) is 5.05. The van der Waals surface area contributed by atoms with E-state index in [2.05, 4.69) is 5.10 Å². The van der Waals surface area contributed by atoms with Crippen LogP contribution in [-0.2, 0) is 13.7 Å². The Bertz CT molecular complexity index is 1580. The lowest BCUT2D eigenvalue weighted by molar-refractivity contribution is 0.0518. The molecule has 0 fully saturated rings. The number of aliphatic hydroxyl groups is 1. The Morgan fingerprint density at radius 3 is 2.29 bits per heavy atom. The zero-order valence-corrected chi connectivity index (χ0v) is 24.4. The molecular weight excluding hydrogens is 526 g/mol. The molecule has 2 aromatic carbocycles. The maximum atomic E-state index is 14.0. The molecule has 3 heterocycles. The highest BCUT2D eigenvalue weighted by Crippen LogP contribution is 2.46.